The summed E-state index contributed by atoms with van der Waals surface area (Å²) in [5, 5.41) is 0. The number of hydrogen-bond acceptors (Lipinski definition) is 2. The fourth-order valence-corrected chi connectivity index (χ4v) is 1.89. The van der Waals surface area contributed by atoms with Gasteiger partial charge in [-0.15, -0.1) is 0 Å². The maximum Gasteiger partial charge on any atom is 0.107 e. The van der Waals surface area contributed by atoms with Crippen molar-refractivity contribution >= 4 is 23.7 Å². The van der Waals surface area contributed by atoms with Gasteiger partial charge in [0.25, 0.3) is 0 Å². The smallest absolute Gasteiger partial charge is 0.107 e. The second kappa shape index (κ2) is 4.27. The third-order valence-corrected chi connectivity index (χ3v) is 2.74. The average molecular weight is 220 g/mol. The molecule has 0 unspecified atom stereocenters. The van der Waals surface area contributed by atoms with Crippen LogP contribution in [0.5, 0.6) is 0 Å². The van der Waals surface area contributed by atoms with Gasteiger partial charge in [-0.05, 0) is 23.6 Å². The van der Waals surface area contributed by atoms with Crippen LogP contribution in [0.3, 0.4) is 0 Å². The molecular formula is C12H16N2S. The fourth-order valence-electron chi connectivity index (χ4n) is 1.69. The van der Waals surface area contributed by atoms with Gasteiger partial charge in [0.05, 0.1) is 11.0 Å². The molecule has 0 radical (unpaired) electrons. The Hall–Kier alpha value is -0.960. The van der Waals surface area contributed by atoms with Gasteiger partial charge in [0.15, 0.2) is 0 Å². The molecule has 80 valence electrons. The average Bonchev–Trinajstić information content (AvgIpc) is 2.57. The summed E-state index contributed by atoms with van der Waals surface area (Å²) in [4.78, 5) is 7.90. The quantitative estimate of drug-likeness (QED) is 0.764. The number of rotatable bonds is 3. The summed E-state index contributed by atoms with van der Waals surface area (Å²) in [7, 11) is 0. The summed E-state index contributed by atoms with van der Waals surface area (Å²) in [6.07, 6.45) is 1.00. The van der Waals surface area contributed by atoms with Crippen molar-refractivity contribution in [1.82, 2.24) is 9.97 Å². The number of benzene rings is 1. The van der Waals surface area contributed by atoms with Crippen LogP contribution in [-0.4, -0.2) is 9.97 Å². The van der Waals surface area contributed by atoms with Gasteiger partial charge in [-0.25, -0.2) is 4.98 Å². The number of hydrogen-bond donors (Lipinski definition) is 2. The van der Waals surface area contributed by atoms with Gasteiger partial charge in [-0.1, -0.05) is 19.9 Å². The zero-order valence-electron chi connectivity index (χ0n) is 9.12. The zero-order valence-corrected chi connectivity index (χ0v) is 10.0. The van der Waals surface area contributed by atoms with E-state index >= 15 is 0 Å². The zero-order chi connectivity index (χ0) is 10.8. The summed E-state index contributed by atoms with van der Waals surface area (Å²) < 4.78 is 0. The first-order valence-corrected chi connectivity index (χ1v) is 5.90. The predicted octanol–water partition coefficient (Wildman–Crippen LogP) is 3.19. The molecule has 15 heavy (non-hydrogen) atoms. The van der Waals surface area contributed by atoms with Crippen LogP contribution < -0.4 is 0 Å². The number of nitrogens with zero attached hydrogens (tertiary/aromatic N) is 1. The summed E-state index contributed by atoms with van der Waals surface area (Å²) in [6, 6.07) is 6.26. The Morgan fingerprint density at radius 2 is 2.20 bits per heavy atom. The lowest BCUT2D eigenvalue weighted by molar-refractivity contribution is 0.627. The molecule has 0 saturated heterocycles. The van der Waals surface area contributed by atoms with Gasteiger partial charge < -0.3 is 4.98 Å². The Balaban J connectivity index is 2.37. The van der Waals surface area contributed by atoms with Crippen LogP contribution in [-0.2, 0) is 12.2 Å². The topological polar surface area (TPSA) is 28.7 Å². The van der Waals surface area contributed by atoms with Crippen molar-refractivity contribution in [3.63, 3.8) is 0 Å². The number of aromatic nitrogens is 2. The largest absolute Gasteiger partial charge is 0.342 e. The van der Waals surface area contributed by atoms with Crippen LogP contribution in [0.1, 0.15) is 25.2 Å². The lowest BCUT2D eigenvalue weighted by Crippen LogP contribution is -1.95. The van der Waals surface area contributed by atoms with Crippen LogP contribution in [0.2, 0.25) is 0 Å². The van der Waals surface area contributed by atoms with E-state index in [1.807, 2.05) is 0 Å². The van der Waals surface area contributed by atoms with E-state index in [1.54, 1.807) is 0 Å². The predicted molar refractivity (Wildman–Crippen MR) is 67.3 cm³/mol. The molecule has 0 aliphatic heterocycles. The molecule has 0 aliphatic rings. The Morgan fingerprint density at radius 3 is 2.87 bits per heavy atom. The Kier molecular flexibility index (Phi) is 3.00. The molecule has 1 heterocycles. The highest BCUT2D eigenvalue weighted by molar-refractivity contribution is 7.79. The van der Waals surface area contributed by atoms with Gasteiger partial charge in [0.2, 0.25) is 0 Å². The van der Waals surface area contributed by atoms with E-state index in [0.717, 1.165) is 29.0 Å². The van der Waals surface area contributed by atoms with Crippen LogP contribution in [0.15, 0.2) is 18.2 Å². The first-order chi connectivity index (χ1) is 7.19. The van der Waals surface area contributed by atoms with Crippen LogP contribution >= 0.6 is 12.6 Å². The standard InChI is InChI=1S/C12H16N2S/c1-8(2)5-12-13-10-4-3-9(7-15)6-11(10)14-12/h3-4,6,8,15H,5,7H2,1-2H3,(H,13,14). The minimum Gasteiger partial charge on any atom is -0.342 e. The molecule has 1 aromatic carbocycles. The number of fused-ring (bicyclic) bond motifs is 1. The summed E-state index contributed by atoms with van der Waals surface area (Å²) in [5.74, 6) is 2.49. The first kappa shape index (κ1) is 10.6. The molecule has 0 aliphatic carbocycles. The molecule has 0 bridgehead atoms. The van der Waals surface area contributed by atoms with Crippen LogP contribution in [0, 0.1) is 5.92 Å². The SMILES string of the molecule is CC(C)Cc1nc2ccc(CS)cc2[nH]1. The third kappa shape index (κ3) is 2.34. The second-order valence-corrected chi connectivity index (χ2v) is 4.61. The molecule has 0 spiro atoms. The van der Waals surface area contributed by atoms with Crippen molar-refractivity contribution in [1.29, 1.82) is 0 Å². The number of thiol groups is 1. The monoisotopic (exact) mass is 220 g/mol. The number of aromatic amines is 1. The highest BCUT2D eigenvalue weighted by Gasteiger charge is 2.04. The van der Waals surface area contributed by atoms with Gasteiger partial charge in [0.1, 0.15) is 5.82 Å². The number of imidazole rings is 1. The Labute approximate surface area is 95.5 Å². The van der Waals surface area contributed by atoms with Crippen molar-refractivity contribution in [2.45, 2.75) is 26.0 Å². The van der Waals surface area contributed by atoms with E-state index in [1.165, 1.54) is 5.56 Å². The first-order valence-electron chi connectivity index (χ1n) is 5.27. The minimum atomic E-state index is 0.634. The lowest BCUT2D eigenvalue weighted by Gasteiger charge is -1.98. The highest BCUT2D eigenvalue weighted by Crippen LogP contribution is 2.16. The van der Waals surface area contributed by atoms with E-state index in [2.05, 4.69) is 54.6 Å². The van der Waals surface area contributed by atoms with Gasteiger partial charge >= 0.3 is 0 Å². The van der Waals surface area contributed by atoms with Crippen molar-refractivity contribution in [3.8, 4) is 0 Å². The summed E-state index contributed by atoms with van der Waals surface area (Å²) in [6.45, 7) is 4.40. The molecule has 1 aromatic heterocycles. The van der Waals surface area contributed by atoms with Crippen LogP contribution in [0.25, 0.3) is 11.0 Å². The van der Waals surface area contributed by atoms with E-state index in [9.17, 15) is 0 Å². The van der Waals surface area contributed by atoms with Crippen molar-refractivity contribution < 1.29 is 0 Å². The normalized spacial score (nSPS) is 11.5. The highest BCUT2D eigenvalue weighted by atomic mass is 32.1. The molecule has 2 aromatic rings. The lowest BCUT2D eigenvalue weighted by atomic mass is 10.1. The van der Waals surface area contributed by atoms with Gasteiger partial charge in [-0.2, -0.15) is 12.6 Å². The van der Waals surface area contributed by atoms with Crippen molar-refractivity contribution in [2.24, 2.45) is 5.92 Å². The molecule has 2 rings (SSSR count). The van der Waals surface area contributed by atoms with E-state index < -0.39 is 0 Å². The number of nitrogens with one attached hydrogen (secondary N) is 1. The van der Waals surface area contributed by atoms with Gasteiger partial charge in [0, 0.05) is 12.2 Å². The third-order valence-electron chi connectivity index (χ3n) is 2.38. The minimum absolute atomic E-state index is 0.634. The molecular weight excluding hydrogens is 204 g/mol. The maximum atomic E-state index is 4.55. The fraction of sp³-hybridized carbons (Fsp3) is 0.417. The van der Waals surface area contributed by atoms with E-state index in [4.69, 9.17) is 0 Å². The molecule has 1 N–H and O–H groups in total. The van der Waals surface area contributed by atoms with Crippen molar-refractivity contribution in [3.05, 3.63) is 29.6 Å². The molecule has 3 heteroatoms. The maximum absolute atomic E-state index is 4.55. The van der Waals surface area contributed by atoms with Gasteiger partial charge in [-0.3, -0.25) is 0 Å². The molecule has 2 nitrogen and oxygen atoms in total. The van der Waals surface area contributed by atoms with E-state index in [0.29, 0.717) is 5.92 Å². The summed E-state index contributed by atoms with van der Waals surface area (Å²) >= 11 is 4.26. The van der Waals surface area contributed by atoms with Crippen molar-refractivity contribution in [2.75, 3.05) is 0 Å². The second-order valence-electron chi connectivity index (χ2n) is 4.29. The Morgan fingerprint density at radius 1 is 1.40 bits per heavy atom. The molecule has 0 saturated carbocycles. The molecule has 0 atom stereocenters. The summed E-state index contributed by atoms with van der Waals surface area (Å²) in [5.41, 5.74) is 3.40. The molecule has 0 amide bonds. The van der Waals surface area contributed by atoms with E-state index in [-0.39, 0.29) is 0 Å². The molecule has 0 fully saturated rings. The number of H-pyrrole nitrogens is 1. The Bertz CT molecular complexity index is 460. The van der Waals surface area contributed by atoms with Crippen LogP contribution in [0.4, 0.5) is 0 Å².